The average Bonchev–Trinajstić information content (AvgIpc) is 2.93. The monoisotopic (exact) mass is 282 g/mol. The van der Waals surface area contributed by atoms with E-state index < -0.39 is 5.97 Å². The summed E-state index contributed by atoms with van der Waals surface area (Å²) in [5.41, 5.74) is 2.34. The molecular formula is C17H18N2O2. The fourth-order valence-corrected chi connectivity index (χ4v) is 2.08. The van der Waals surface area contributed by atoms with Crippen molar-refractivity contribution in [2.75, 3.05) is 0 Å². The number of hydrogen-bond acceptors (Lipinski definition) is 2. The fourth-order valence-electron chi connectivity index (χ4n) is 2.08. The zero-order valence-corrected chi connectivity index (χ0v) is 12.4. The van der Waals surface area contributed by atoms with Gasteiger partial charge in [-0.3, -0.25) is 0 Å². The highest BCUT2D eigenvalue weighted by Gasteiger charge is 2.08. The molecule has 1 aromatic carbocycles. The summed E-state index contributed by atoms with van der Waals surface area (Å²) >= 11 is 0. The minimum atomic E-state index is -0.914. The molecular weight excluding hydrogens is 264 g/mol. The summed E-state index contributed by atoms with van der Waals surface area (Å²) in [5, 5.41) is 9.87. The smallest absolute Gasteiger partial charge is 0.335 e. The van der Waals surface area contributed by atoms with Crippen LogP contribution in [-0.2, 0) is 0 Å². The van der Waals surface area contributed by atoms with Gasteiger partial charge in [-0.2, -0.15) is 0 Å². The number of carboxylic acids is 1. The van der Waals surface area contributed by atoms with Crippen LogP contribution < -0.4 is 0 Å². The summed E-state index contributed by atoms with van der Waals surface area (Å²) < 4.78 is 1.94. The summed E-state index contributed by atoms with van der Waals surface area (Å²) in [5.74, 6) is -0.0909. The van der Waals surface area contributed by atoms with Gasteiger partial charge in [-0.05, 0) is 42.8 Å². The predicted molar refractivity (Wildman–Crippen MR) is 84.1 cm³/mol. The summed E-state index contributed by atoms with van der Waals surface area (Å²) in [6.07, 6.45) is 3.71. The molecule has 3 rings (SSSR count). The second kappa shape index (κ2) is 6.22. The highest BCUT2D eigenvalue weighted by atomic mass is 16.4. The zero-order valence-electron chi connectivity index (χ0n) is 12.4. The minimum Gasteiger partial charge on any atom is -0.478 e. The van der Waals surface area contributed by atoms with Gasteiger partial charge in [0.1, 0.15) is 5.82 Å². The molecule has 0 aliphatic heterocycles. The van der Waals surface area contributed by atoms with Gasteiger partial charge in [0, 0.05) is 17.8 Å². The van der Waals surface area contributed by atoms with Crippen molar-refractivity contribution >= 4 is 16.9 Å². The van der Waals surface area contributed by atoms with Crippen molar-refractivity contribution in [3.63, 3.8) is 0 Å². The maximum Gasteiger partial charge on any atom is 0.335 e. The molecule has 0 atom stereocenters. The molecule has 1 N–H and O–H groups in total. The standard InChI is InChI=1S/C15H12N2O2.C2H6/c1-10-2-5-14(16-9-10)17-7-6-11-8-12(15(18)19)3-4-13(11)17;1-2/h2-9H,1H3,(H,18,19);1-2H3. The van der Waals surface area contributed by atoms with Crippen molar-refractivity contribution in [2.45, 2.75) is 20.8 Å². The van der Waals surface area contributed by atoms with E-state index in [2.05, 4.69) is 4.98 Å². The normalized spacial score (nSPS) is 10.0. The molecule has 4 nitrogen and oxygen atoms in total. The number of aryl methyl sites for hydroxylation is 1. The number of rotatable bonds is 2. The Hall–Kier alpha value is -2.62. The Bertz CT molecular complexity index is 758. The summed E-state index contributed by atoms with van der Waals surface area (Å²) in [6, 6.07) is 10.9. The van der Waals surface area contributed by atoms with E-state index in [4.69, 9.17) is 5.11 Å². The lowest BCUT2D eigenvalue weighted by molar-refractivity contribution is 0.0697. The van der Waals surface area contributed by atoms with Gasteiger partial charge in [0.2, 0.25) is 0 Å². The molecule has 2 heterocycles. The third-order valence-electron chi connectivity index (χ3n) is 3.08. The highest BCUT2D eigenvalue weighted by molar-refractivity contribution is 5.94. The van der Waals surface area contributed by atoms with Crippen LogP contribution >= 0.6 is 0 Å². The van der Waals surface area contributed by atoms with E-state index in [-0.39, 0.29) is 0 Å². The maximum absolute atomic E-state index is 10.9. The molecule has 21 heavy (non-hydrogen) atoms. The van der Waals surface area contributed by atoms with Gasteiger partial charge < -0.3 is 9.67 Å². The maximum atomic E-state index is 10.9. The van der Waals surface area contributed by atoms with Gasteiger partial charge in [0.05, 0.1) is 11.1 Å². The van der Waals surface area contributed by atoms with E-state index >= 15 is 0 Å². The Balaban J connectivity index is 0.000000774. The van der Waals surface area contributed by atoms with Crippen molar-refractivity contribution < 1.29 is 9.90 Å². The first-order chi connectivity index (χ1) is 10.1. The first-order valence-electron chi connectivity index (χ1n) is 6.92. The molecule has 4 heteroatoms. The first kappa shape index (κ1) is 14.8. The van der Waals surface area contributed by atoms with Gasteiger partial charge in [-0.1, -0.05) is 19.9 Å². The van der Waals surface area contributed by atoms with Crippen LogP contribution in [0, 0.1) is 6.92 Å². The molecule has 0 amide bonds. The Morgan fingerprint density at radius 2 is 1.90 bits per heavy atom. The lowest BCUT2D eigenvalue weighted by atomic mass is 10.1. The lowest BCUT2D eigenvalue weighted by Gasteiger charge is -2.05. The van der Waals surface area contributed by atoms with Crippen molar-refractivity contribution in [1.82, 2.24) is 9.55 Å². The minimum absolute atomic E-state index is 0.294. The van der Waals surface area contributed by atoms with Crippen LogP contribution in [0.2, 0.25) is 0 Å². The van der Waals surface area contributed by atoms with Gasteiger partial charge in [0.25, 0.3) is 0 Å². The average molecular weight is 282 g/mol. The van der Waals surface area contributed by atoms with Crippen LogP contribution in [0.4, 0.5) is 0 Å². The predicted octanol–water partition coefficient (Wildman–Crippen LogP) is 4.06. The molecule has 0 bridgehead atoms. The number of pyridine rings is 1. The van der Waals surface area contributed by atoms with Crippen molar-refractivity contribution in [3.05, 3.63) is 59.9 Å². The largest absolute Gasteiger partial charge is 0.478 e. The molecule has 0 aliphatic rings. The van der Waals surface area contributed by atoms with Crippen LogP contribution in [-0.4, -0.2) is 20.6 Å². The number of nitrogens with zero attached hydrogens (tertiary/aromatic N) is 2. The van der Waals surface area contributed by atoms with E-state index in [1.54, 1.807) is 18.2 Å². The molecule has 0 unspecified atom stereocenters. The van der Waals surface area contributed by atoms with Gasteiger partial charge in [0.15, 0.2) is 0 Å². The summed E-state index contributed by atoms with van der Waals surface area (Å²) in [6.45, 7) is 5.99. The van der Waals surface area contributed by atoms with Crippen LogP contribution in [0.1, 0.15) is 29.8 Å². The summed E-state index contributed by atoms with van der Waals surface area (Å²) in [4.78, 5) is 15.3. The summed E-state index contributed by atoms with van der Waals surface area (Å²) in [7, 11) is 0. The second-order valence-corrected chi connectivity index (χ2v) is 4.46. The highest BCUT2D eigenvalue weighted by Crippen LogP contribution is 2.21. The lowest BCUT2D eigenvalue weighted by Crippen LogP contribution is -1.97. The van der Waals surface area contributed by atoms with Gasteiger partial charge >= 0.3 is 5.97 Å². The second-order valence-electron chi connectivity index (χ2n) is 4.46. The SMILES string of the molecule is CC.Cc1ccc(-n2ccc3cc(C(=O)O)ccc32)nc1. The molecule has 0 aliphatic carbocycles. The number of benzene rings is 1. The number of hydrogen-bond donors (Lipinski definition) is 1. The van der Waals surface area contributed by atoms with Crippen molar-refractivity contribution in [1.29, 1.82) is 0 Å². The van der Waals surface area contributed by atoms with Crippen molar-refractivity contribution in [2.24, 2.45) is 0 Å². The van der Waals surface area contributed by atoms with Gasteiger partial charge in [-0.15, -0.1) is 0 Å². The molecule has 0 saturated heterocycles. The number of carbonyl (C=O) groups is 1. The molecule has 0 saturated carbocycles. The Morgan fingerprint density at radius 1 is 1.14 bits per heavy atom. The van der Waals surface area contributed by atoms with Crippen LogP contribution in [0.25, 0.3) is 16.7 Å². The van der Waals surface area contributed by atoms with E-state index in [9.17, 15) is 4.79 Å². The van der Waals surface area contributed by atoms with Gasteiger partial charge in [-0.25, -0.2) is 9.78 Å². The molecule has 108 valence electrons. The van der Waals surface area contributed by atoms with E-state index in [0.29, 0.717) is 5.56 Å². The van der Waals surface area contributed by atoms with Crippen LogP contribution in [0.5, 0.6) is 0 Å². The Morgan fingerprint density at radius 3 is 2.52 bits per heavy atom. The third-order valence-corrected chi connectivity index (χ3v) is 3.08. The number of aromatic carboxylic acids is 1. The van der Waals surface area contributed by atoms with E-state index in [1.807, 2.05) is 55.9 Å². The Labute approximate surface area is 123 Å². The zero-order chi connectivity index (χ0) is 15.4. The number of carboxylic acid groups (broad SMARTS) is 1. The molecule has 3 aromatic rings. The molecule has 0 fully saturated rings. The number of aromatic nitrogens is 2. The van der Waals surface area contributed by atoms with Crippen molar-refractivity contribution in [3.8, 4) is 5.82 Å². The molecule has 0 spiro atoms. The quantitative estimate of drug-likeness (QED) is 0.771. The molecule has 0 radical (unpaired) electrons. The fraction of sp³-hybridized carbons (Fsp3) is 0.176. The van der Waals surface area contributed by atoms with Crippen LogP contribution in [0.3, 0.4) is 0 Å². The van der Waals surface area contributed by atoms with E-state index in [0.717, 1.165) is 22.3 Å². The third kappa shape index (κ3) is 2.94. The number of fused-ring (bicyclic) bond motifs is 1. The topological polar surface area (TPSA) is 55.1 Å². The Kier molecular flexibility index (Phi) is 4.38. The van der Waals surface area contributed by atoms with Crippen LogP contribution in [0.15, 0.2) is 48.8 Å². The first-order valence-corrected chi connectivity index (χ1v) is 6.92. The molecule has 2 aromatic heterocycles. The van der Waals surface area contributed by atoms with E-state index in [1.165, 1.54) is 0 Å².